The summed E-state index contributed by atoms with van der Waals surface area (Å²) in [6.07, 6.45) is 4.68. The Bertz CT molecular complexity index is 157. The molecular weight excluding hydrogens is 178 g/mol. The maximum absolute atomic E-state index is 11.5. The van der Waals surface area contributed by atoms with Crippen molar-refractivity contribution in [3.63, 3.8) is 0 Å². The number of carbonyl (C=O) groups excluding carboxylic acids is 1. The third kappa shape index (κ3) is 6.89. The van der Waals surface area contributed by atoms with Gasteiger partial charge in [-0.15, -0.1) is 0 Å². The minimum absolute atomic E-state index is 0.141. The molecule has 0 aliphatic carbocycles. The fourth-order valence-electron chi connectivity index (χ4n) is 1.39. The molecule has 14 heavy (non-hydrogen) atoms. The zero-order valence-electron chi connectivity index (χ0n) is 9.62. The Morgan fingerprint density at radius 1 is 1.36 bits per heavy atom. The molecule has 1 amide bonds. The highest BCUT2D eigenvalue weighted by Gasteiger charge is 2.09. The van der Waals surface area contributed by atoms with E-state index in [-0.39, 0.29) is 5.91 Å². The lowest BCUT2D eigenvalue weighted by Gasteiger charge is -2.18. The van der Waals surface area contributed by atoms with E-state index in [0.29, 0.717) is 13.0 Å². The van der Waals surface area contributed by atoms with Crippen LogP contribution in [0.2, 0.25) is 0 Å². The monoisotopic (exact) mass is 201 g/mol. The molecule has 0 rings (SSSR count). The fraction of sp³-hybridized carbons (Fsp3) is 0.909. The molecule has 0 bridgehead atoms. The molecule has 3 nitrogen and oxygen atoms in total. The smallest absolute Gasteiger partial charge is 0.222 e. The largest absolute Gasteiger partial charge is 0.392 e. The quantitative estimate of drug-likeness (QED) is 0.638. The highest BCUT2D eigenvalue weighted by atomic mass is 16.3. The van der Waals surface area contributed by atoms with E-state index in [2.05, 4.69) is 6.92 Å². The molecule has 84 valence electrons. The summed E-state index contributed by atoms with van der Waals surface area (Å²) < 4.78 is 0. The Morgan fingerprint density at radius 2 is 2.00 bits per heavy atom. The van der Waals surface area contributed by atoms with Gasteiger partial charge in [0.05, 0.1) is 6.10 Å². The first-order valence-corrected chi connectivity index (χ1v) is 5.50. The molecule has 0 heterocycles. The topological polar surface area (TPSA) is 40.5 Å². The summed E-state index contributed by atoms with van der Waals surface area (Å²) in [5.74, 6) is 0.141. The van der Waals surface area contributed by atoms with Crippen LogP contribution in [0.5, 0.6) is 0 Å². The van der Waals surface area contributed by atoms with Gasteiger partial charge in [0, 0.05) is 20.0 Å². The number of hydrogen-bond donors (Lipinski definition) is 1. The predicted molar refractivity (Wildman–Crippen MR) is 58.1 cm³/mol. The molecule has 0 saturated heterocycles. The second kappa shape index (κ2) is 7.80. The number of aliphatic hydroxyl groups is 1. The average molecular weight is 201 g/mol. The van der Waals surface area contributed by atoms with E-state index >= 15 is 0 Å². The Kier molecular flexibility index (Phi) is 7.48. The van der Waals surface area contributed by atoms with Gasteiger partial charge in [-0.1, -0.05) is 26.2 Å². The Hall–Kier alpha value is -0.570. The second-order valence-corrected chi connectivity index (χ2v) is 3.93. The van der Waals surface area contributed by atoms with Gasteiger partial charge in [0.1, 0.15) is 0 Å². The van der Waals surface area contributed by atoms with Gasteiger partial charge in [-0.2, -0.15) is 0 Å². The molecule has 1 N–H and O–H groups in total. The van der Waals surface area contributed by atoms with Crippen LogP contribution in [0.3, 0.4) is 0 Å². The van der Waals surface area contributed by atoms with Crippen LogP contribution >= 0.6 is 0 Å². The van der Waals surface area contributed by atoms with Crippen molar-refractivity contribution < 1.29 is 9.90 Å². The van der Waals surface area contributed by atoms with E-state index in [1.165, 1.54) is 12.8 Å². The zero-order valence-corrected chi connectivity index (χ0v) is 9.62. The van der Waals surface area contributed by atoms with Crippen LogP contribution in [-0.4, -0.2) is 35.6 Å². The molecule has 0 spiro atoms. The number of aliphatic hydroxyl groups excluding tert-OH is 1. The lowest BCUT2D eigenvalue weighted by molar-refractivity contribution is -0.131. The van der Waals surface area contributed by atoms with E-state index in [9.17, 15) is 4.79 Å². The van der Waals surface area contributed by atoms with E-state index < -0.39 is 6.10 Å². The third-order valence-corrected chi connectivity index (χ3v) is 2.21. The molecule has 0 saturated carbocycles. The third-order valence-electron chi connectivity index (χ3n) is 2.21. The molecule has 0 aromatic rings. The minimum Gasteiger partial charge on any atom is -0.392 e. The Morgan fingerprint density at radius 3 is 2.50 bits per heavy atom. The van der Waals surface area contributed by atoms with Crippen molar-refractivity contribution >= 4 is 5.91 Å². The van der Waals surface area contributed by atoms with Crippen LogP contribution in [0.1, 0.15) is 46.0 Å². The van der Waals surface area contributed by atoms with Crippen molar-refractivity contribution in [3.8, 4) is 0 Å². The summed E-state index contributed by atoms with van der Waals surface area (Å²) in [6.45, 7) is 4.29. The van der Waals surface area contributed by atoms with Crippen LogP contribution in [0, 0.1) is 0 Å². The molecular formula is C11H23NO2. The number of hydrogen-bond acceptors (Lipinski definition) is 2. The summed E-state index contributed by atoms with van der Waals surface area (Å²) in [6, 6.07) is 0. The number of amides is 1. The van der Waals surface area contributed by atoms with Gasteiger partial charge in [0.15, 0.2) is 0 Å². The van der Waals surface area contributed by atoms with Crippen LogP contribution in [0.15, 0.2) is 0 Å². The SMILES string of the molecule is CCCCCCC(=O)N(C)CC(C)O. The lowest BCUT2D eigenvalue weighted by atomic mass is 10.1. The van der Waals surface area contributed by atoms with Crippen LogP contribution in [-0.2, 0) is 4.79 Å². The highest BCUT2D eigenvalue weighted by molar-refractivity contribution is 5.75. The van der Waals surface area contributed by atoms with Gasteiger partial charge in [-0.3, -0.25) is 4.79 Å². The summed E-state index contributed by atoms with van der Waals surface area (Å²) in [5.41, 5.74) is 0. The summed E-state index contributed by atoms with van der Waals surface area (Å²) in [7, 11) is 1.74. The molecule has 1 unspecified atom stereocenters. The number of nitrogens with zero attached hydrogens (tertiary/aromatic N) is 1. The van der Waals surface area contributed by atoms with Crippen molar-refractivity contribution in [2.45, 2.75) is 52.1 Å². The standard InChI is InChI=1S/C11H23NO2/c1-4-5-6-7-8-11(14)12(3)9-10(2)13/h10,13H,4-9H2,1-3H3. The van der Waals surface area contributed by atoms with Gasteiger partial charge in [-0.25, -0.2) is 0 Å². The lowest BCUT2D eigenvalue weighted by Crippen LogP contribution is -2.32. The Labute approximate surface area is 87.1 Å². The van der Waals surface area contributed by atoms with E-state index in [4.69, 9.17) is 5.11 Å². The van der Waals surface area contributed by atoms with Crippen molar-refractivity contribution in [3.05, 3.63) is 0 Å². The summed E-state index contributed by atoms with van der Waals surface area (Å²) in [4.78, 5) is 13.1. The molecule has 0 aromatic heterocycles. The van der Waals surface area contributed by atoms with E-state index in [1.807, 2.05) is 0 Å². The van der Waals surface area contributed by atoms with Gasteiger partial charge in [0.2, 0.25) is 5.91 Å². The van der Waals surface area contributed by atoms with Gasteiger partial charge < -0.3 is 10.0 Å². The van der Waals surface area contributed by atoms with Gasteiger partial charge >= 0.3 is 0 Å². The molecule has 1 atom stereocenters. The minimum atomic E-state index is -0.431. The summed E-state index contributed by atoms with van der Waals surface area (Å²) in [5, 5.41) is 9.09. The number of unbranched alkanes of at least 4 members (excludes halogenated alkanes) is 3. The first kappa shape index (κ1) is 13.4. The number of carbonyl (C=O) groups is 1. The highest BCUT2D eigenvalue weighted by Crippen LogP contribution is 2.04. The van der Waals surface area contributed by atoms with Crippen molar-refractivity contribution in [2.75, 3.05) is 13.6 Å². The van der Waals surface area contributed by atoms with E-state index in [1.54, 1.807) is 18.9 Å². The van der Waals surface area contributed by atoms with Crippen LogP contribution < -0.4 is 0 Å². The second-order valence-electron chi connectivity index (χ2n) is 3.93. The van der Waals surface area contributed by atoms with Gasteiger partial charge in [0.25, 0.3) is 0 Å². The predicted octanol–water partition coefficient (Wildman–Crippen LogP) is 1.80. The molecule has 0 aliphatic heterocycles. The van der Waals surface area contributed by atoms with Crippen LogP contribution in [0.4, 0.5) is 0 Å². The number of rotatable bonds is 7. The summed E-state index contributed by atoms with van der Waals surface area (Å²) >= 11 is 0. The van der Waals surface area contributed by atoms with Crippen molar-refractivity contribution in [2.24, 2.45) is 0 Å². The fourth-order valence-corrected chi connectivity index (χ4v) is 1.39. The first-order chi connectivity index (χ1) is 6.57. The van der Waals surface area contributed by atoms with E-state index in [0.717, 1.165) is 12.8 Å². The van der Waals surface area contributed by atoms with Crippen molar-refractivity contribution in [1.82, 2.24) is 4.90 Å². The normalized spacial score (nSPS) is 12.6. The Balaban J connectivity index is 3.52. The molecule has 0 aliphatic rings. The van der Waals surface area contributed by atoms with Gasteiger partial charge in [-0.05, 0) is 13.3 Å². The zero-order chi connectivity index (χ0) is 11.0. The molecule has 0 radical (unpaired) electrons. The maximum Gasteiger partial charge on any atom is 0.222 e. The molecule has 3 heteroatoms. The number of likely N-dealkylation sites (N-methyl/N-ethyl adjacent to an activating group) is 1. The molecule has 0 fully saturated rings. The average Bonchev–Trinajstić information content (AvgIpc) is 2.11. The first-order valence-electron chi connectivity index (χ1n) is 5.50. The van der Waals surface area contributed by atoms with Crippen molar-refractivity contribution in [1.29, 1.82) is 0 Å². The molecule has 0 aromatic carbocycles. The maximum atomic E-state index is 11.5. The van der Waals surface area contributed by atoms with Crippen LogP contribution in [0.25, 0.3) is 0 Å².